The number of amides is 1. The third-order valence-electron chi connectivity index (χ3n) is 2.05. The van der Waals surface area contributed by atoms with E-state index in [1.54, 1.807) is 6.92 Å². The third-order valence-corrected chi connectivity index (χ3v) is 2.05. The fourth-order valence-electron chi connectivity index (χ4n) is 1.37. The van der Waals surface area contributed by atoms with Gasteiger partial charge in [0.25, 0.3) is 5.91 Å². The van der Waals surface area contributed by atoms with Gasteiger partial charge in [0.15, 0.2) is 0 Å². The van der Waals surface area contributed by atoms with Crippen LogP contribution in [0.4, 0.5) is 5.95 Å². The lowest BCUT2D eigenvalue weighted by Gasteiger charge is -2.06. The summed E-state index contributed by atoms with van der Waals surface area (Å²) in [6, 6.07) is 0. The van der Waals surface area contributed by atoms with Gasteiger partial charge in [-0.3, -0.25) is 15.2 Å². The molecule has 0 aromatic carbocycles. The first kappa shape index (κ1) is 9.14. The van der Waals surface area contributed by atoms with Gasteiger partial charge in [-0.15, -0.1) is 5.10 Å². The summed E-state index contributed by atoms with van der Waals surface area (Å²) in [4.78, 5) is 15.5. The van der Waals surface area contributed by atoms with E-state index in [0.717, 1.165) is 12.8 Å². The van der Waals surface area contributed by atoms with E-state index in [-0.39, 0.29) is 12.0 Å². The van der Waals surface area contributed by atoms with Crippen molar-refractivity contribution in [2.75, 3.05) is 11.9 Å². The lowest BCUT2D eigenvalue weighted by molar-refractivity contribution is -0.124. The van der Waals surface area contributed by atoms with Crippen LogP contribution in [-0.2, 0) is 9.53 Å². The molecule has 6 heteroatoms. The third kappa shape index (κ3) is 1.90. The van der Waals surface area contributed by atoms with Crippen LogP contribution in [0.1, 0.15) is 18.7 Å². The maximum absolute atomic E-state index is 11.5. The summed E-state index contributed by atoms with van der Waals surface area (Å²) in [7, 11) is 0. The fourth-order valence-corrected chi connectivity index (χ4v) is 1.37. The number of rotatable bonds is 2. The number of H-pyrrole nitrogens is 1. The van der Waals surface area contributed by atoms with E-state index < -0.39 is 0 Å². The van der Waals surface area contributed by atoms with E-state index in [1.807, 2.05) is 0 Å². The summed E-state index contributed by atoms with van der Waals surface area (Å²) in [5, 5.41) is 9.04. The smallest absolute Gasteiger partial charge is 0.255 e. The van der Waals surface area contributed by atoms with Gasteiger partial charge in [0.2, 0.25) is 5.95 Å². The number of aromatic nitrogens is 3. The molecule has 1 saturated heterocycles. The Kier molecular flexibility index (Phi) is 2.45. The molecule has 1 aromatic heterocycles. The normalized spacial score (nSPS) is 21.1. The highest BCUT2D eigenvalue weighted by Crippen LogP contribution is 2.13. The number of ether oxygens (including phenoxy) is 1. The van der Waals surface area contributed by atoms with Crippen molar-refractivity contribution in [2.24, 2.45) is 0 Å². The van der Waals surface area contributed by atoms with Crippen molar-refractivity contribution in [3.63, 3.8) is 0 Å². The molecular weight excluding hydrogens is 184 g/mol. The van der Waals surface area contributed by atoms with Crippen LogP contribution in [0.15, 0.2) is 0 Å². The Morgan fingerprint density at radius 2 is 2.57 bits per heavy atom. The number of nitrogens with zero attached hydrogens (tertiary/aromatic N) is 2. The van der Waals surface area contributed by atoms with Crippen LogP contribution in [0.3, 0.4) is 0 Å². The summed E-state index contributed by atoms with van der Waals surface area (Å²) in [6.45, 7) is 2.43. The minimum absolute atomic E-state index is 0.165. The molecule has 14 heavy (non-hydrogen) atoms. The molecule has 0 radical (unpaired) electrons. The van der Waals surface area contributed by atoms with Crippen molar-refractivity contribution < 1.29 is 9.53 Å². The Hall–Kier alpha value is -1.43. The highest BCUT2D eigenvalue weighted by molar-refractivity contribution is 5.92. The highest BCUT2D eigenvalue weighted by Gasteiger charge is 2.24. The summed E-state index contributed by atoms with van der Waals surface area (Å²) >= 11 is 0. The van der Waals surface area contributed by atoms with Crippen molar-refractivity contribution in [1.82, 2.24) is 15.2 Å². The van der Waals surface area contributed by atoms with Crippen LogP contribution in [-0.4, -0.2) is 33.8 Å². The zero-order valence-electron chi connectivity index (χ0n) is 7.91. The van der Waals surface area contributed by atoms with Crippen LogP contribution in [0.25, 0.3) is 0 Å². The number of hydrogen-bond acceptors (Lipinski definition) is 4. The maximum atomic E-state index is 11.5. The van der Waals surface area contributed by atoms with Crippen molar-refractivity contribution in [1.29, 1.82) is 0 Å². The van der Waals surface area contributed by atoms with Crippen LogP contribution in [0.2, 0.25) is 0 Å². The molecule has 1 unspecified atom stereocenters. The number of aromatic amines is 1. The Morgan fingerprint density at radius 3 is 3.14 bits per heavy atom. The summed E-state index contributed by atoms with van der Waals surface area (Å²) < 4.78 is 5.22. The second-order valence-electron chi connectivity index (χ2n) is 3.24. The fraction of sp³-hybridized carbons (Fsp3) is 0.625. The van der Waals surface area contributed by atoms with Gasteiger partial charge in [0.05, 0.1) is 0 Å². The van der Waals surface area contributed by atoms with Gasteiger partial charge in [-0.25, -0.2) is 0 Å². The number of carbonyl (C=O) groups is 1. The number of aryl methyl sites for hydroxylation is 1. The van der Waals surface area contributed by atoms with E-state index in [4.69, 9.17) is 4.74 Å². The number of anilines is 1. The van der Waals surface area contributed by atoms with Crippen molar-refractivity contribution in [3.05, 3.63) is 5.82 Å². The van der Waals surface area contributed by atoms with Gasteiger partial charge in [0.1, 0.15) is 11.9 Å². The molecule has 6 nitrogen and oxygen atoms in total. The topological polar surface area (TPSA) is 79.9 Å². The highest BCUT2D eigenvalue weighted by atomic mass is 16.5. The molecule has 1 aliphatic rings. The summed E-state index contributed by atoms with van der Waals surface area (Å²) in [5.74, 6) is 0.817. The Labute approximate surface area is 81.1 Å². The van der Waals surface area contributed by atoms with E-state index >= 15 is 0 Å². The first-order valence-corrected chi connectivity index (χ1v) is 4.57. The molecule has 1 aromatic rings. The minimum Gasteiger partial charge on any atom is -0.368 e. The molecule has 2 heterocycles. The molecule has 0 aliphatic carbocycles. The molecule has 2 N–H and O–H groups in total. The molecule has 1 aliphatic heterocycles. The molecular formula is C8H12N4O2. The van der Waals surface area contributed by atoms with Gasteiger partial charge in [-0.1, -0.05) is 0 Å². The van der Waals surface area contributed by atoms with E-state index in [2.05, 4.69) is 20.5 Å². The number of hydrogen-bond donors (Lipinski definition) is 2. The van der Waals surface area contributed by atoms with Crippen LogP contribution < -0.4 is 5.32 Å². The molecule has 0 spiro atoms. The molecule has 0 saturated carbocycles. The van der Waals surface area contributed by atoms with Gasteiger partial charge < -0.3 is 4.74 Å². The predicted molar refractivity (Wildman–Crippen MR) is 48.7 cm³/mol. The zero-order valence-corrected chi connectivity index (χ0v) is 7.91. The monoisotopic (exact) mass is 196 g/mol. The lowest BCUT2D eigenvalue weighted by Crippen LogP contribution is -2.27. The molecule has 1 atom stereocenters. The van der Waals surface area contributed by atoms with Crippen LogP contribution in [0.5, 0.6) is 0 Å². The molecule has 1 amide bonds. The van der Waals surface area contributed by atoms with Crippen molar-refractivity contribution in [3.8, 4) is 0 Å². The van der Waals surface area contributed by atoms with Crippen molar-refractivity contribution >= 4 is 11.9 Å². The zero-order chi connectivity index (χ0) is 9.97. The molecule has 1 fully saturated rings. The molecule has 2 rings (SSSR count). The van der Waals surface area contributed by atoms with Crippen LogP contribution in [0, 0.1) is 6.92 Å². The number of carbonyl (C=O) groups excluding carboxylic acids is 1. The quantitative estimate of drug-likeness (QED) is 0.709. The van der Waals surface area contributed by atoms with Gasteiger partial charge in [0, 0.05) is 6.61 Å². The Bertz CT molecular complexity index is 330. The SMILES string of the molecule is Cc1nc(NC(=O)C2CCCO2)n[nH]1. The first-order chi connectivity index (χ1) is 6.75. The lowest BCUT2D eigenvalue weighted by atomic mass is 10.2. The molecule has 76 valence electrons. The largest absolute Gasteiger partial charge is 0.368 e. The van der Waals surface area contributed by atoms with E-state index in [1.165, 1.54) is 0 Å². The summed E-state index contributed by atoms with van der Waals surface area (Å²) in [5.41, 5.74) is 0. The Morgan fingerprint density at radius 1 is 1.71 bits per heavy atom. The average molecular weight is 196 g/mol. The van der Waals surface area contributed by atoms with Gasteiger partial charge >= 0.3 is 0 Å². The van der Waals surface area contributed by atoms with Crippen LogP contribution >= 0.6 is 0 Å². The van der Waals surface area contributed by atoms with Crippen molar-refractivity contribution in [2.45, 2.75) is 25.9 Å². The first-order valence-electron chi connectivity index (χ1n) is 4.57. The second kappa shape index (κ2) is 3.75. The number of nitrogens with one attached hydrogen (secondary N) is 2. The van der Waals surface area contributed by atoms with Gasteiger partial charge in [-0.2, -0.15) is 4.98 Å². The second-order valence-corrected chi connectivity index (χ2v) is 3.24. The predicted octanol–water partition coefficient (Wildman–Crippen LogP) is 0.231. The summed E-state index contributed by atoms with van der Waals surface area (Å²) in [6.07, 6.45) is 1.37. The van der Waals surface area contributed by atoms with E-state index in [0.29, 0.717) is 18.4 Å². The standard InChI is InChI=1S/C8H12N4O2/c1-5-9-8(12-11-5)10-7(13)6-3-2-4-14-6/h6H,2-4H2,1H3,(H2,9,10,11,12,13). The van der Waals surface area contributed by atoms with Gasteiger partial charge in [-0.05, 0) is 19.8 Å². The minimum atomic E-state index is -0.339. The molecule has 0 bridgehead atoms. The van der Waals surface area contributed by atoms with E-state index in [9.17, 15) is 4.79 Å². The Balaban J connectivity index is 1.93. The average Bonchev–Trinajstić information content (AvgIpc) is 2.75. The maximum Gasteiger partial charge on any atom is 0.255 e.